The van der Waals surface area contributed by atoms with Crippen LogP contribution < -0.4 is 38.9 Å². The Hall–Kier alpha value is -3.95. The molecule has 0 radical (unpaired) electrons. The van der Waals surface area contributed by atoms with Crippen LogP contribution in [0.5, 0.6) is 0 Å². The third kappa shape index (κ3) is 11.5. The van der Waals surface area contributed by atoms with Crippen LogP contribution >= 0.6 is 0 Å². The molecule has 1 aliphatic heterocycles. The zero-order valence-electron chi connectivity index (χ0n) is 24.8. The van der Waals surface area contributed by atoms with Crippen molar-refractivity contribution in [1.29, 1.82) is 0 Å². The van der Waals surface area contributed by atoms with Crippen molar-refractivity contribution in [2.75, 3.05) is 13.1 Å². The summed E-state index contributed by atoms with van der Waals surface area (Å²) < 4.78 is 0. The summed E-state index contributed by atoms with van der Waals surface area (Å²) in [4.78, 5) is 80.8. The predicted molar refractivity (Wildman–Crippen MR) is 154 cm³/mol. The van der Waals surface area contributed by atoms with Gasteiger partial charge in [-0.25, -0.2) is 4.79 Å². The number of aliphatic imine (C=N–C) groups is 1. The van der Waals surface area contributed by atoms with Gasteiger partial charge in [0.05, 0.1) is 6.04 Å². The summed E-state index contributed by atoms with van der Waals surface area (Å²) in [5.41, 5.74) is 21.7. The van der Waals surface area contributed by atoms with E-state index in [0.717, 1.165) is 0 Å². The second-order valence-corrected chi connectivity index (χ2v) is 11.1. The molecule has 5 amide bonds. The summed E-state index contributed by atoms with van der Waals surface area (Å²) in [6.07, 6.45) is 0.610. The van der Waals surface area contributed by atoms with Crippen LogP contribution in [0.15, 0.2) is 4.99 Å². The Morgan fingerprint density at radius 1 is 0.905 bits per heavy atom. The van der Waals surface area contributed by atoms with E-state index in [1.165, 1.54) is 4.90 Å². The molecule has 16 nitrogen and oxygen atoms in total. The summed E-state index contributed by atoms with van der Waals surface area (Å²) in [7, 11) is 0. The third-order valence-corrected chi connectivity index (χ3v) is 6.96. The molecular weight excluding hydrogens is 550 g/mol. The number of nitrogens with zero attached hydrogens (tertiary/aromatic N) is 2. The molecule has 1 saturated heterocycles. The largest absolute Gasteiger partial charge is 0.480 e. The number of carbonyl (C=O) groups is 6. The van der Waals surface area contributed by atoms with E-state index in [1.807, 2.05) is 0 Å². The number of amides is 5. The number of rotatable bonds is 17. The molecule has 16 heteroatoms. The minimum absolute atomic E-state index is 0.00200. The molecule has 0 spiro atoms. The smallest absolute Gasteiger partial charge is 0.326 e. The number of aliphatic carboxylic acids is 1. The fraction of sp³-hybridized carbons (Fsp3) is 0.731. The van der Waals surface area contributed by atoms with E-state index in [4.69, 9.17) is 22.9 Å². The van der Waals surface area contributed by atoms with Gasteiger partial charge >= 0.3 is 5.97 Å². The van der Waals surface area contributed by atoms with Crippen LogP contribution in [0.4, 0.5) is 0 Å². The van der Waals surface area contributed by atoms with E-state index >= 15 is 0 Å². The number of nitrogens with one attached hydrogen (secondary N) is 3. The van der Waals surface area contributed by atoms with E-state index < -0.39 is 65.7 Å². The van der Waals surface area contributed by atoms with Gasteiger partial charge in [0.15, 0.2) is 5.96 Å². The maximum Gasteiger partial charge on any atom is 0.326 e. The Morgan fingerprint density at radius 2 is 1.55 bits per heavy atom. The summed E-state index contributed by atoms with van der Waals surface area (Å²) in [6.45, 7) is 7.49. The Kier molecular flexibility index (Phi) is 14.7. The first-order valence-corrected chi connectivity index (χ1v) is 14.1. The second kappa shape index (κ2) is 17.1. The van der Waals surface area contributed by atoms with Gasteiger partial charge in [0, 0.05) is 19.5 Å². The minimum Gasteiger partial charge on any atom is -0.480 e. The standard InChI is InChI=1S/C26H47N9O7/c1-13(2)19(28)23(39)34-20(14(3)4)24(40)35-12-6-8-17(35)22(38)32-15(9-10-18(27)36)21(37)33-16(25(41)42)7-5-11-31-26(29)30/h13-17,19-20H,5-12,28H2,1-4H3,(H2,27,36)(H,32,38)(H,33,37)(H,34,39)(H,41,42)(H4,29,30,31)/t15-,16-,17-,19-,20-/m0/s1. The number of nitrogens with two attached hydrogens (primary N) is 4. The fourth-order valence-corrected chi connectivity index (χ4v) is 4.40. The van der Waals surface area contributed by atoms with Crippen molar-refractivity contribution in [2.24, 2.45) is 39.8 Å². The molecule has 42 heavy (non-hydrogen) atoms. The first-order valence-electron chi connectivity index (χ1n) is 14.1. The van der Waals surface area contributed by atoms with Gasteiger partial charge in [-0.15, -0.1) is 0 Å². The lowest BCUT2D eigenvalue weighted by atomic mass is 9.99. The quantitative estimate of drug-likeness (QED) is 0.0494. The van der Waals surface area contributed by atoms with Crippen LogP contribution in [0.3, 0.4) is 0 Å². The summed E-state index contributed by atoms with van der Waals surface area (Å²) in [5, 5.41) is 17.2. The molecule has 238 valence electrons. The zero-order valence-corrected chi connectivity index (χ0v) is 24.8. The van der Waals surface area contributed by atoms with Crippen LogP contribution in [0.25, 0.3) is 0 Å². The van der Waals surface area contributed by atoms with E-state index in [2.05, 4.69) is 20.9 Å². The number of carboxylic acid groups (broad SMARTS) is 1. The van der Waals surface area contributed by atoms with Crippen LogP contribution in [0.1, 0.15) is 66.2 Å². The van der Waals surface area contributed by atoms with Crippen molar-refractivity contribution in [2.45, 2.75) is 96.4 Å². The molecule has 5 atom stereocenters. The maximum absolute atomic E-state index is 13.5. The van der Waals surface area contributed by atoms with Crippen molar-refractivity contribution in [3.05, 3.63) is 0 Å². The molecule has 0 aliphatic carbocycles. The zero-order chi connectivity index (χ0) is 32.1. The van der Waals surface area contributed by atoms with Crippen molar-refractivity contribution >= 4 is 41.5 Å². The van der Waals surface area contributed by atoms with Crippen LogP contribution in [-0.2, 0) is 28.8 Å². The third-order valence-electron chi connectivity index (χ3n) is 6.96. The van der Waals surface area contributed by atoms with E-state index in [1.54, 1.807) is 27.7 Å². The van der Waals surface area contributed by atoms with Crippen molar-refractivity contribution in [3.63, 3.8) is 0 Å². The minimum atomic E-state index is -1.31. The average Bonchev–Trinajstić information content (AvgIpc) is 3.39. The first-order chi connectivity index (χ1) is 19.6. The molecule has 0 bridgehead atoms. The number of primary amides is 1. The van der Waals surface area contributed by atoms with Gasteiger partial charge < -0.3 is 48.9 Å². The SMILES string of the molecule is CC(C)[C@H](N)C(=O)N[C@H](C(=O)N1CCC[C@H]1C(=O)N[C@@H](CCC(N)=O)C(=O)N[C@@H](CCCN=C(N)N)C(=O)O)C(C)C. The molecule has 0 unspecified atom stereocenters. The molecule has 0 aromatic rings. The normalized spacial score (nSPS) is 17.6. The first kappa shape index (κ1) is 36.1. The number of hydrogen-bond acceptors (Lipinski definition) is 8. The molecular formula is C26H47N9O7. The number of carboxylic acids is 1. The predicted octanol–water partition coefficient (Wildman–Crippen LogP) is -2.53. The number of likely N-dealkylation sites (tertiary alicyclic amines) is 1. The van der Waals surface area contributed by atoms with E-state index in [9.17, 15) is 33.9 Å². The summed E-state index contributed by atoms with van der Waals surface area (Å²) >= 11 is 0. The number of guanidine groups is 1. The highest BCUT2D eigenvalue weighted by Gasteiger charge is 2.40. The number of hydrogen-bond donors (Lipinski definition) is 8. The molecule has 1 rings (SSSR count). The Bertz CT molecular complexity index is 1010. The average molecular weight is 598 g/mol. The monoisotopic (exact) mass is 597 g/mol. The lowest BCUT2D eigenvalue weighted by molar-refractivity contribution is -0.144. The second-order valence-electron chi connectivity index (χ2n) is 11.1. The molecule has 12 N–H and O–H groups in total. The maximum atomic E-state index is 13.5. The summed E-state index contributed by atoms with van der Waals surface area (Å²) in [5.74, 6) is -5.06. The van der Waals surface area contributed by atoms with Crippen LogP contribution in [0, 0.1) is 11.8 Å². The van der Waals surface area contributed by atoms with Gasteiger partial charge in [0.1, 0.15) is 24.2 Å². The molecule has 0 saturated carbocycles. The highest BCUT2D eigenvalue weighted by molar-refractivity contribution is 5.96. The fourth-order valence-electron chi connectivity index (χ4n) is 4.40. The highest BCUT2D eigenvalue weighted by Crippen LogP contribution is 2.21. The Morgan fingerprint density at radius 3 is 2.07 bits per heavy atom. The topological polar surface area (TPSA) is 278 Å². The molecule has 1 aliphatic rings. The van der Waals surface area contributed by atoms with Gasteiger partial charge in [0.2, 0.25) is 29.5 Å². The molecule has 1 fully saturated rings. The highest BCUT2D eigenvalue weighted by atomic mass is 16.4. The summed E-state index contributed by atoms with van der Waals surface area (Å²) in [6, 6.07) is -5.31. The van der Waals surface area contributed by atoms with E-state index in [-0.39, 0.29) is 56.6 Å². The van der Waals surface area contributed by atoms with Gasteiger partial charge in [0.25, 0.3) is 0 Å². The molecule has 1 heterocycles. The molecule has 0 aromatic heterocycles. The lowest BCUT2D eigenvalue weighted by Crippen LogP contribution is -2.59. The van der Waals surface area contributed by atoms with Crippen molar-refractivity contribution < 1.29 is 33.9 Å². The van der Waals surface area contributed by atoms with E-state index in [0.29, 0.717) is 12.8 Å². The Labute approximate surface area is 245 Å². The van der Waals surface area contributed by atoms with Gasteiger partial charge in [-0.05, 0) is 43.9 Å². The Balaban J connectivity index is 3.05. The molecule has 0 aromatic carbocycles. The van der Waals surface area contributed by atoms with Gasteiger partial charge in [-0.2, -0.15) is 0 Å². The van der Waals surface area contributed by atoms with Crippen molar-refractivity contribution in [3.8, 4) is 0 Å². The van der Waals surface area contributed by atoms with Crippen LogP contribution in [0.2, 0.25) is 0 Å². The van der Waals surface area contributed by atoms with Crippen molar-refractivity contribution in [1.82, 2.24) is 20.9 Å². The number of carbonyl (C=O) groups excluding carboxylic acids is 5. The lowest BCUT2D eigenvalue weighted by Gasteiger charge is -2.32. The van der Waals surface area contributed by atoms with Gasteiger partial charge in [-0.3, -0.25) is 29.0 Å². The van der Waals surface area contributed by atoms with Gasteiger partial charge in [-0.1, -0.05) is 27.7 Å². The van der Waals surface area contributed by atoms with Crippen LogP contribution in [-0.4, -0.2) is 94.8 Å².